The zero-order chi connectivity index (χ0) is 16.8. The van der Waals surface area contributed by atoms with Crippen molar-refractivity contribution in [3.05, 3.63) is 48.0 Å². The Morgan fingerprint density at radius 2 is 2.04 bits per heavy atom. The summed E-state index contributed by atoms with van der Waals surface area (Å²) < 4.78 is 10.7. The molecule has 1 heterocycles. The van der Waals surface area contributed by atoms with Crippen LogP contribution in [0.15, 0.2) is 42.5 Å². The first kappa shape index (κ1) is 16.5. The average molecular weight is 343 g/mol. The summed E-state index contributed by atoms with van der Waals surface area (Å²) in [6.07, 6.45) is 0.994. The summed E-state index contributed by atoms with van der Waals surface area (Å²) in [5, 5.41) is 17.7. The van der Waals surface area contributed by atoms with Gasteiger partial charge in [-0.1, -0.05) is 18.2 Å². The van der Waals surface area contributed by atoms with Crippen molar-refractivity contribution in [1.82, 2.24) is 9.69 Å². The van der Waals surface area contributed by atoms with E-state index >= 15 is 0 Å². The van der Waals surface area contributed by atoms with Gasteiger partial charge in [-0.05, 0) is 54.3 Å². The van der Waals surface area contributed by atoms with Crippen LogP contribution in [0.3, 0.4) is 0 Å². The van der Waals surface area contributed by atoms with Gasteiger partial charge in [0, 0.05) is 18.5 Å². The third kappa shape index (κ3) is 3.96. The summed E-state index contributed by atoms with van der Waals surface area (Å²) in [5.74, 6) is 1.64. The number of methoxy groups -OCH3 is 1. The molecule has 1 aromatic heterocycles. The molecule has 126 valence electrons. The van der Waals surface area contributed by atoms with Crippen LogP contribution < -0.4 is 15.4 Å². The van der Waals surface area contributed by atoms with Gasteiger partial charge in [0.2, 0.25) is 0 Å². The molecule has 0 saturated carbocycles. The molecule has 3 aromatic rings. The lowest BCUT2D eigenvalue weighted by Crippen LogP contribution is -2.17. The quantitative estimate of drug-likeness (QED) is 0.545. The van der Waals surface area contributed by atoms with E-state index in [0.29, 0.717) is 5.75 Å². The highest BCUT2D eigenvalue weighted by atomic mass is 32.1. The number of hydrogen-bond donors (Lipinski definition) is 3. The number of rotatable bonds is 8. The lowest BCUT2D eigenvalue weighted by molar-refractivity contribution is 0.373. The van der Waals surface area contributed by atoms with Crippen molar-refractivity contribution in [3.8, 4) is 11.5 Å². The van der Waals surface area contributed by atoms with Gasteiger partial charge in [-0.25, -0.2) is 0 Å². The van der Waals surface area contributed by atoms with E-state index in [9.17, 15) is 5.11 Å². The summed E-state index contributed by atoms with van der Waals surface area (Å²) in [7, 11) is 1.55. The number of aromatic hydroxyl groups is 1. The maximum absolute atomic E-state index is 9.76. The highest BCUT2D eigenvalue weighted by Crippen LogP contribution is 2.26. The molecule has 5 nitrogen and oxygen atoms in total. The molecule has 0 fully saturated rings. The maximum Gasteiger partial charge on any atom is 0.160 e. The van der Waals surface area contributed by atoms with Crippen molar-refractivity contribution in [1.29, 1.82) is 0 Å². The van der Waals surface area contributed by atoms with Crippen LogP contribution >= 0.6 is 11.5 Å². The third-order valence-electron chi connectivity index (χ3n) is 3.77. The zero-order valence-corrected chi connectivity index (χ0v) is 14.4. The number of phenolic OH excluding ortho intramolecular Hbond substituents is 1. The average Bonchev–Trinajstić information content (AvgIpc) is 3.01. The van der Waals surface area contributed by atoms with E-state index in [1.807, 2.05) is 18.2 Å². The Morgan fingerprint density at radius 1 is 1.17 bits per heavy atom. The summed E-state index contributed by atoms with van der Waals surface area (Å²) >= 11 is 1.52. The van der Waals surface area contributed by atoms with Crippen molar-refractivity contribution in [3.63, 3.8) is 0 Å². The number of anilines is 1. The van der Waals surface area contributed by atoms with E-state index in [0.717, 1.165) is 37.4 Å². The maximum atomic E-state index is 9.76. The second kappa shape index (κ2) is 7.99. The Morgan fingerprint density at radius 3 is 2.88 bits per heavy atom. The van der Waals surface area contributed by atoms with E-state index in [1.165, 1.54) is 21.6 Å². The predicted molar refractivity (Wildman–Crippen MR) is 99.1 cm³/mol. The van der Waals surface area contributed by atoms with E-state index in [2.05, 4.69) is 27.1 Å². The van der Waals surface area contributed by atoms with E-state index < -0.39 is 0 Å². The Bertz CT molecular complexity index is 804. The minimum Gasteiger partial charge on any atom is -0.504 e. The second-order valence-electron chi connectivity index (χ2n) is 5.49. The van der Waals surface area contributed by atoms with Crippen LogP contribution in [-0.2, 0) is 6.54 Å². The number of phenols is 1. The fraction of sp³-hybridized carbons (Fsp3) is 0.278. The molecular formula is C18H21N3O2S. The van der Waals surface area contributed by atoms with Crippen molar-refractivity contribution in [2.45, 2.75) is 13.0 Å². The molecule has 0 aliphatic carbocycles. The molecule has 0 spiro atoms. The molecule has 3 rings (SSSR count). The number of nitrogens with zero attached hydrogens (tertiary/aromatic N) is 1. The monoisotopic (exact) mass is 343 g/mol. The van der Waals surface area contributed by atoms with Gasteiger partial charge in [0.25, 0.3) is 0 Å². The van der Waals surface area contributed by atoms with Crippen molar-refractivity contribution in [2.75, 3.05) is 25.5 Å². The van der Waals surface area contributed by atoms with Crippen LogP contribution in [0.4, 0.5) is 5.82 Å². The second-order valence-corrected chi connectivity index (χ2v) is 6.30. The lowest BCUT2D eigenvalue weighted by Gasteiger charge is -2.08. The molecule has 0 saturated heterocycles. The Kier molecular flexibility index (Phi) is 5.51. The molecule has 6 heteroatoms. The van der Waals surface area contributed by atoms with E-state index in [4.69, 9.17) is 4.74 Å². The van der Waals surface area contributed by atoms with Crippen LogP contribution in [0.25, 0.3) is 10.1 Å². The number of benzene rings is 2. The number of hydrogen-bond acceptors (Lipinski definition) is 6. The fourth-order valence-corrected chi connectivity index (χ4v) is 3.27. The molecule has 0 aliphatic heterocycles. The number of nitrogens with one attached hydrogen (secondary N) is 2. The van der Waals surface area contributed by atoms with Gasteiger partial charge >= 0.3 is 0 Å². The predicted octanol–water partition coefficient (Wildman–Crippen LogP) is 3.60. The van der Waals surface area contributed by atoms with Crippen LogP contribution in [0.1, 0.15) is 12.0 Å². The van der Waals surface area contributed by atoms with E-state index in [1.54, 1.807) is 19.2 Å². The smallest absolute Gasteiger partial charge is 0.160 e. The Labute approximate surface area is 145 Å². The lowest BCUT2D eigenvalue weighted by atomic mass is 10.2. The fourth-order valence-electron chi connectivity index (χ4n) is 2.51. The molecule has 0 atom stereocenters. The molecule has 0 aliphatic rings. The van der Waals surface area contributed by atoms with Crippen LogP contribution in [0.5, 0.6) is 11.5 Å². The summed E-state index contributed by atoms with van der Waals surface area (Å²) in [6, 6.07) is 13.7. The molecule has 2 aromatic carbocycles. The summed E-state index contributed by atoms with van der Waals surface area (Å²) in [6.45, 7) is 2.48. The Hall–Kier alpha value is -2.31. The standard InChI is InChI=1S/C18H21N3O2S/c1-23-16-8-7-13(11-15(16)22)12-19-9-4-10-20-18-14-5-2-3-6-17(14)24-21-18/h2-3,5-8,11,19,22H,4,9-10,12H2,1H3,(H,20,21). The molecule has 3 N–H and O–H groups in total. The van der Waals surface area contributed by atoms with Gasteiger partial charge in [0.05, 0.1) is 11.8 Å². The molecule has 24 heavy (non-hydrogen) atoms. The Balaban J connectivity index is 1.39. The van der Waals surface area contributed by atoms with E-state index in [-0.39, 0.29) is 5.75 Å². The zero-order valence-electron chi connectivity index (χ0n) is 13.6. The number of fused-ring (bicyclic) bond motifs is 1. The minimum absolute atomic E-state index is 0.175. The third-order valence-corrected chi connectivity index (χ3v) is 4.60. The largest absolute Gasteiger partial charge is 0.504 e. The van der Waals surface area contributed by atoms with Gasteiger partial charge < -0.3 is 20.5 Å². The van der Waals surface area contributed by atoms with Crippen molar-refractivity contribution in [2.24, 2.45) is 0 Å². The molecule has 0 amide bonds. The normalized spacial score (nSPS) is 10.9. The highest BCUT2D eigenvalue weighted by Gasteiger charge is 2.04. The molecule has 0 unspecified atom stereocenters. The first-order valence-corrected chi connectivity index (χ1v) is 8.70. The topological polar surface area (TPSA) is 66.4 Å². The number of aromatic nitrogens is 1. The van der Waals surface area contributed by atoms with Crippen LogP contribution in [0, 0.1) is 0 Å². The SMILES string of the molecule is COc1ccc(CNCCCNc2nsc3ccccc23)cc1O. The summed E-state index contributed by atoms with van der Waals surface area (Å²) in [5.41, 5.74) is 1.03. The first-order chi connectivity index (χ1) is 11.8. The first-order valence-electron chi connectivity index (χ1n) is 7.93. The van der Waals surface area contributed by atoms with Gasteiger partial charge in [0.15, 0.2) is 11.5 Å². The van der Waals surface area contributed by atoms with Gasteiger partial charge in [-0.2, -0.15) is 4.37 Å². The minimum atomic E-state index is 0.175. The van der Waals surface area contributed by atoms with Gasteiger partial charge in [0.1, 0.15) is 5.82 Å². The number of ether oxygens (including phenoxy) is 1. The van der Waals surface area contributed by atoms with Crippen LogP contribution in [-0.4, -0.2) is 29.7 Å². The molecule has 0 radical (unpaired) electrons. The van der Waals surface area contributed by atoms with Crippen molar-refractivity contribution < 1.29 is 9.84 Å². The summed E-state index contributed by atoms with van der Waals surface area (Å²) in [4.78, 5) is 0. The molecule has 0 bridgehead atoms. The molecular weight excluding hydrogens is 322 g/mol. The van der Waals surface area contributed by atoms with Crippen molar-refractivity contribution >= 4 is 27.4 Å². The van der Waals surface area contributed by atoms with Crippen LogP contribution in [0.2, 0.25) is 0 Å². The van der Waals surface area contributed by atoms with Gasteiger partial charge in [-0.15, -0.1) is 0 Å². The van der Waals surface area contributed by atoms with Gasteiger partial charge in [-0.3, -0.25) is 0 Å². The highest BCUT2D eigenvalue weighted by molar-refractivity contribution is 7.13.